The van der Waals surface area contributed by atoms with Gasteiger partial charge in [0, 0.05) is 20.5 Å². The number of carbonyl (C=O) groups excluding carboxylic acids is 1. The third kappa shape index (κ3) is 4.08. The molecule has 1 aromatic rings. The average molecular weight is 249 g/mol. The van der Waals surface area contributed by atoms with Crippen molar-refractivity contribution in [2.45, 2.75) is 13.3 Å². The van der Waals surface area contributed by atoms with Gasteiger partial charge in [-0.05, 0) is 19.1 Å². The van der Waals surface area contributed by atoms with Crippen molar-refractivity contribution in [3.8, 4) is 0 Å². The maximum Gasteiger partial charge on any atom is 0.213 e. The number of benzene rings is 1. The lowest BCUT2D eigenvalue weighted by atomic mass is 10.2. The van der Waals surface area contributed by atoms with Crippen LogP contribution in [-0.2, 0) is 9.63 Å². The van der Waals surface area contributed by atoms with Crippen LogP contribution in [0.15, 0.2) is 29.4 Å². The summed E-state index contributed by atoms with van der Waals surface area (Å²) in [5.74, 6) is 0. The van der Waals surface area contributed by atoms with Crippen molar-refractivity contribution in [3.05, 3.63) is 24.3 Å². The van der Waals surface area contributed by atoms with Crippen LogP contribution in [0.25, 0.3) is 0 Å². The predicted molar refractivity (Wildman–Crippen MR) is 74.1 cm³/mol. The van der Waals surface area contributed by atoms with E-state index in [0.717, 1.165) is 36.5 Å². The van der Waals surface area contributed by atoms with Crippen LogP contribution in [-0.4, -0.2) is 32.8 Å². The topological polar surface area (TPSA) is 53.9 Å². The number of anilines is 2. The predicted octanol–water partition coefficient (Wildman–Crippen LogP) is 2.10. The summed E-state index contributed by atoms with van der Waals surface area (Å²) in [6, 6.07) is 7.64. The molecule has 0 bridgehead atoms. The molecule has 0 unspecified atom stereocenters. The summed E-state index contributed by atoms with van der Waals surface area (Å²) < 4.78 is 0. The van der Waals surface area contributed by atoms with Crippen LogP contribution in [0, 0.1) is 0 Å². The van der Waals surface area contributed by atoms with Crippen molar-refractivity contribution < 1.29 is 9.63 Å². The Morgan fingerprint density at radius 2 is 2.17 bits per heavy atom. The Morgan fingerprint density at radius 3 is 2.61 bits per heavy atom. The molecular weight excluding hydrogens is 230 g/mol. The quantitative estimate of drug-likeness (QED) is 0.835. The van der Waals surface area contributed by atoms with E-state index < -0.39 is 0 Å². The number of oxime groups is 1. The first kappa shape index (κ1) is 14.0. The normalized spacial score (nSPS) is 12.7. The maximum atomic E-state index is 10.5. The SMILES string of the molecule is CC1=NOCC1.CNc1ccccc1N(C)C=O. The molecule has 1 amide bonds. The molecule has 1 aliphatic heterocycles. The van der Waals surface area contributed by atoms with Gasteiger partial charge in [0.05, 0.1) is 17.1 Å². The molecule has 1 heterocycles. The van der Waals surface area contributed by atoms with E-state index in [1.54, 1.807) is 7.05 Å². The summed E-state index contributed by atoms with van der Waals surface area (Å²) >= 11 is 0. The third-order valence-electron chi connectivity index (χ3n) is 2.49. The third-order valence-corrected chi connectivity index (χ3v) is 2.49. The first-order chi connectivity index (χ1) is 8.69. The zero-order valence-electron chi connectivity index (χ0n) is 11.0. The zero-order chi connectivity index (χ0) is 13.4. The lowest BCUT2D eigenvalue weighted by molar-refractivity contribution is -0.107. The molecule has 1 aliphatic rings. The highest BCUT2D eigenvalue weighted by Crippen LogP contribution is 2.22. The van der Waals surface area contributed by atoms with E-state index in [0.29, 0.717) is 0 Å². The fraction of sp³-hybridized carbons (Fsp3) is 0.385. The fourth-order valence-corrected chi connectivity index (χ4v) is 1.44. The van der Waals surface area contributed by atoms with Crippen LogP contribution in [0.4, 0.5) is 11.4 Å². The minimum absolute atomic E-state index is 0.784. The molecule has 18 heavy (non-hydrogen) atoms. The molecule has 0 spiro atoms. The van der Waals surface area contributed by atoms with Gasteiger partial charge < -0.3 is 15.1 Å². The van der Waals surface area contributed by atoms with Crippen LogP contribution in [0.2, 0.25) is 0 Å². The molecule has 1 N–H and O–H groups in total. The van der Waals surface area contributed by atoms with Crippen LogP contribution < -0.4 is 10.2 Å². The highest BCUT2D eigenvalue weighted by molar-refractivity contribution is 5.82. The number of carbonyl (C=O) groups is 1. The van der Waals surface area contributed by atoms with Gasteiger partial charge in [0.2, 0.25) is 6.41 Å². The van der Waals surface area contributed by atoms with Gasteiger partial charge in [0.25, 0.3) is 0 Å². The molecule has 0 aliphatic carbocycles. The van der Waals surface area contributed by atoms with Gasteiger partial charge in [-0.2, -0.15) is 0 Å². The highest BCUT2D eigenvalue weighted by atomic mass is 16.6. The highest BCUT2D eigenvalue weighted by Gasteiger charge is 2.02. The Morgan fingerprint density at radius 1 is 1.44 bits per heavy atom. The van der Waals surface area contributed by atoms with Crippen LogP contribution in [0.5, 0.6) is 0 Å². The number of nitrogens with one attached hydrogen (secondary N) is 1. The second-order valence-corrected chi connectivity index (χ2v) is 3.89. The van der Waals surface area contributed by atoms with E-state index >= 15 is 0 Å². The van der Waals surface area contributed by atoms with Gasteiger partial charge in [0.1, 0.15) is 6.61 Å². The Labute approximate surface area is 107 Å². The monoisotopic (exact) mass is 249 g/mol. The molecule has 0 radical (unpaired) electrons. The number of rotatable bonds is 3. The molecule has 0 fully saturated rings. The van der Waals surface area contributed by atoms with Crippen LogP contribution >= 0.6 is 0 Å². The van der Waals surface area contributed by atoms with Gasteiger partial charge in [0.15, 0.2) is 0 Å². The van der Waals surface area contributed by atoms with Crippen molar-refractivity contribution >= 4 is 23.5 Å². The van der Waals surface area contributed by atoms with Gasteiger partial charge in [-0.3, -0.25) is 4.79 Å². The average Bonchev–Trinajstić information content (AvgIpc) is 2.89. The van der Waals surface area contributed by atoms with E-state index in [4.69, 9.17) is 0 Å². The van der Waals surface area contributed by atoms with Crippen molar-refractivity contribution in [1.29, 1.82) is 0 Å². The molecule has 0 saturated carbocycles. The molecule has 5 heteroatoms. The molecule has 1 aromatic carbocycles. The fourth-order valence-electron chi connectivity index (χ4n) is 1.44. The summed E-state index contributed by atoms with van der Waals surface area (Å²) in [5, 5.41) is 6.66. The Balaban J connectivity index is 0.000000225. The van der Waals surface area contributed by atoms with Crippen LogP contribution in [0.1, 0.15) is 13.3 Å². The Hall–Kier alpha value is -2.04. The summed E-state index contributed by atoms with van der Waals surface area (Å²) in [7, 11) is 3.56. The molecular formula is C13H19N3O2. The number of hydrogen-bond donors (Lipinski definition) is 1. The Kier molecular flexibility index (Phi) is 5.70. The lowest BCUT2D eigenvalue weighted by Gasteiger charge is -2.14. The van der Waals surface area contributed by atoms with E-state index in [1.807, 2.05) is 38.2 Å². The van der Waals surface area contributed by atoms with Gasteiger partial charge in [-0.15, -0.1) is 0 Å². The van der Waals surface area contributed by atoms with Gasteiger partial charge in [-0.1, -0.05) is 17.3 Å². The smallest absolute Gasteiger partial charge is 0.213 e. The van der Waals surface area contributed by atoms with Crippen molar-refractivity contribution in [3.63, 3.8) is 0 Å². The first-order valence-corrected chi connectivity index (χ1v) is 5.79. The first-order valence-electron chi connectivity index (χ1n) is 5.79. The maximum absolute atomic E-state index is 10.5. The van der Waals surface area contributed by atoms with Crippen LogP contribution in [0.3, 0.4) is 0 Å². The molecule has 5 nitrogen and oxygen atoms in total. The standard InChI is InChI=1S/C9H12N2O.C4H7NO/c1-10-8-5-3-4-6-9(8)11(2)7-12;1-4-2-3-6-5-4/h3-7,10H,1-2H3;2-3H2,1H3. The molecule has 0 atom stereocenters. The number of para-hydroxylation sites is 2. The van der Waals surface area contributed by atoms with Crippen molar-refractivity contribution in [2.24, 2.45) is 5.16 Å². The number of amides is 1. The van der Waals surface area contributed by atoms with E-state index in [-0.39, 0.29) is 0 Å². The minimum atomic E-state index is 0.784. The Bertz CT molecular complexity index is 418. The molecule has 0 aromatic heterocycles. The second-order valence-electron chi connectivity index (χ2n) is 3.89. The van der Waals surface area contributed by atoms with Gasteiger partial charge >= 0.3 is 0 Å². The second kappa shape index (κ2) is 7.32. The molecule has 0 saturated heterocycles. The van der Waals surface area contributed by atoms with E-state index in [9.17, 15) is 4.79 Å². The summed E-state index contributed by atoms with van der Waals surface area (Å²) in [4.78, 5) is 16.6. The van der Waals surface area contributed by atoms with Gasteiger partial charge in [-0.25, -0.2) is 0 Å². The summed E-state index contributed by atoms with van der Waals surface area (Å²) in [5.41, 5.74) is 2.94. The summed E-state index contributed by atoms with van der Waals surface area (Å²) in [6.07, 6.45) is 1.80. The van der Waals surface area contributed by atoms with E-state index in [2.05, 4.69) is 15.3 Å². The summed E-state index contributed by atoms with van der Waals surface area (Å²) in [6.45, 7) is 2.75. The number of hydrogen-bond acceptors (Lipinski definition) is 4. The van der Waals surface area contributed by atoms with E-state index in [1.165, 1.54) is 4.90 Å². The minimum Gasteiger partial charge on any atom is -0.395 e. The van der Waals surface area contributed by atoms with Crippen molar-refractivity contribution in [2.75, 3.05) is 30.9 Å². The zero-order valence-corrected chi connectivity index (χ0v) is 11.0. The number of nitrogens with zero attached hydrogens (tertiary/aromatic N) is 2. The molecule has 98 valence electrons. The largest absolute Gasteiger partial charge is 0.395 e. The lowest BCUT2D eigenvalue weighted by Crippen LogP contribution is -2.15. The van der Waals surface area contributed by atoms with Crippen molar-refractivity contribution in [1.82, 2.24) is 0 Å². The molecule has 2 rings (SSSR count).